The van der Waals surface area contributed by atoms with Crippen LogP contribution in [0.5, 0.6) is 0 Å². The van der Waals surface area contributed by atoms with Gasteiger partial charge in [-0.15, -0.1) is 0 Å². The Bertz CT molecular complexity index is 1120. The van der Waals surface area contributed by atoms with Gasteiger partial charge >= 0.3 is 0 Å². The summed E-state index contributed by atoms with van der Waals surface area (Å²) in [7, 11) is -3.95. The molecule has 1 heterocycles. The van der Waals surface area contributed by atoms with Crippen molar-refractivity contribution < 1.29 is 18.0 Å². The molecule has 4 rings (SSSR count). The van der Waals surface area contributed by atoms with Gasteiger partial charge in [-0.3, -0.25) is 9.59 Å². The largest absolute Gasteiger partial charge is 0.352 e. The fourth-order valence-electron chi connectivity index (χ4n) is 4.63. The lowest BCUT2D eigenvalue weighted by molar-refractivity contribution is -0.124. The second-order valence-corrected chi connectivity index (χ2v) is 10.8. The first-order chi connectivity index (χ1) is 15.8. The van der Waals surface area contributed by atoms with Crippen molar-refractivity contribution in [1.29, 1.82) is 0 Å². The molecule has 1 fully saturated rings. The molecule has 33 heavy (non-hydrogen) atoms. The molecule has 0 bridgehead atoms. The van der Waals surface area contributed by atoms with Crippen molar-refractivity contribution in [2.75, 3.05) is 5.32 Å². The first-order valence-corrected chi connectivity index (χ1v) is 13.1. The molecule has 0 unspecified atom stereocenters. The summed E-state index contributed by atoms with van der Waals surface area (Å²) < 4.78 is 29.2. The van der Waals surface area contributed by atoms with Gasteiger partial charge in [-0.2, -0.15) is 4.72 Å². The summed E-state index contributed by atoms with van der Waals surface area (Å²) in [6, 6.07) is 13.2. The lowest BCUT2D eigenvalue weighted by atomic mass is 9.86. The third kappa shape index (κ3) is 5.81. The molecule has 0 saturated heterocycles. The van der Waals surface area contributed by atoms with Gasteiger partial charge in [-0.05, 0) is 60.9 Å². The van der Waals surface area contributed by atoms with Crippen LogP contribution in [0.15, 0.2) is 53.4 Å². The van der Waals surface area contributed by atoms with Gasteiger partial charge in [0.25, 0.3) is 0 Å². The Labute approximate surface area is 195 Å². The van der Waals surface area contributed by atoms with Crippen LogP contribution in [0.4, 0.5) is 5.69 Å². The number of anilines is 1. The number of nitrogens with one attached hydrogen (secondary N) is 3. The Balaban J connectivity index is 1.55. The first kappa shape index (κ1) is 23.4. The Morgan fingerprint density at radius 1 is 1.09 bits per heavy atom. The van der Waals surface area contributed by atoms with Gasteiger partial charge in [0.05, 0.1) is 4.90 Å². The van der Waals surface area contributed by atoms with E-state index in [0.29, 0.717) is 24.4 Å². The lowest BCUT2D eigenvalue weighted by Crippen LogP contribution is -2.52. The highest BCUT2D eigenvalue weighted by molar-refractivity contribution is 7.89. The average molecular weight is 470 g/mol. The van der Waals surface area contributed by atoms with Gasteiger partial charge in [0.2, 0.25) is 21.8 Å². The van der Waals surface area contributed by atoms with Crippen molar-refractivity contribution >= 4 is 27.5 Å². The van der Waals surface area contributed by atoms with Crippen LogP contribution in [0.25, 0.3) is 0 Å². The number of carbonyl (C=O) groups excluding carboxylic acids is 2. The topological polar surface area (TPSA) is 104 Å². The zero-order valence-electron chi connectivity index (χ0n) is 18.8. The van der Waals surface area contributed by atoms with E-state index in [1.165, 1.54) is 6.07 Å². The summed E-state index contributed by atoms with van der Waals surface area (Å²) in [5, 5.41) is 5.87. The van der Waals surface area contributed by atoms with E-state index in [-0.39, 0.29) is 29.2 Å². The maximum atomic E-state index is 13.3. The molecule has 7 nitrogen and oxygen atoms in total. The van der Waals surface area contributed by atoms with E-state index >= 15 is 0 Å². The molecule has 2 aromatic carbocycles. The number of rotatable bonds is 7. The minimum Gasteiger partial charge on any atom is -0.352 e. The minimum absolute atomic E-state index is 0.0568. The van der Waals surface area contributed by atoms with Crippen LogP contribution >= 0.6 is 0 Å². The maximum absolute atomic E-state index is 13.3. The average Bonchev–Trinajstić information content (AvgIpc) is 2.80. The van der Waals surface area contributed by atoms with Crippen LogP contribution in [-0.4, -0.2) is 32.3 Å². The summed E-state index contributed by atoms with van der Waals surface area (Å²) in [5.41, 5.74) is 2.29. The Hall–Kier alpha value is -2.71. The molecule has 2 aromatic rings. The fraction of sp³-hybridized carbons (Fsp3) is 0.440. The standard InChI is InChI=1S/C25H31N3O4S/c1-17-7-5-6-10-21(17)27-25(30)23(15-18-8-3-2-4-9-18)28-33(31,32)20-12-13-22-19(16-20)11-14-24(29)26-22/h2-4,8-9,12-13,16-17,21,23,28H,5-7,10-11,14-15H2,1H3,(H,26,29)(H,27,30)/t17-,21-,23-/m1/s1. The summed E-state index contributed by atoms with van der Waals surface area (Å²) in [4.78, 5) is 24.9. The first-order valence-electron chi connectivity index (χ1n) is 11.6. The zero-order chi connectivity index (χ0) is 23.4. The molecule has 0 radical (unpaired) electrons. The van der Waals surface area contributed by atoms with Gasteiger partial charge in [0.1, 0.15) is 6.04 Å². The predicted octanol–water partition coefficient (Wildman–Crippen LogP) is 3.16. The predicted molar refractivity (Wildman–Crippen MR) is 127 cm³/mol. The van der Waals surface area contributed by atoms with Crippen LogP contribution in [0.2, 0.25) is 0 Å². The van der Waals surface area contributed by atoms with E-state index in [1.807, 2.05) is 30.3 Å². The number of hydrogen-bond donors (Lipinski definition) is 3. The van der Waals surface area contributed by atoms with E-state index in [1.54, 1.807) is 12.1 Å². The highest BCUT2D eigenvalue weighted by Crippen LogP contribution is 2.26. The number of carbonyl (C=O) groups is 2. The number of fused-ring (bicyclic) bond motifs is 1. The molecular formula is C25H31N3O4S. The van der Waals surface area contributed by atoms with Crippen LogP contribution in [0.1, 0.15) is 50.2 Å². The second-order valence-electron chi connectivity index (χ2n) is 9.11. The van der Waals surface area contributed by atoms with Crippen molar-refractivity contribution in [2.24, 2.45) is 5.92 Å². The van der Waals surface area contributed by atoms with Gasteiger partial charge in [-0.1, -0.05) is 50.1 Å². The summed E-state index contributed by atoms with van der Waals surface area (Å²) >= 11 is 0. The summed E-state index contributed by atoms with van der Waals surface area (Å²) in [6.45, 7) is 2.13. The van der Waals surface area contributed by atoms with Crippen molar-refractivity contribution in [1.82, 2.24) is 10.0 Å². The van der Waals surface area contributed by atoms with E-state index in [4.69, 9.17) is 0 Å². The smallest absolute Gasteiger partial charge is 0.241 e. The third-order valence-corrected chi connectivity index (χ3v) is 8.09. The van der Waals surface area contributed by atoms with E-state index in [0.717, 1.165) is 36.8 Å². The van der Waals surface area contributed by atoms with Gasteiger partial charge in [0, 0.05) is 18.2 Å². The molecule has 3 atom stereocenters. The van der Waals surface area contributed by atoms with Crippen molar-refractivity contribution in [3.8, 4) is 0 Å². The summed E-state index contributed by atoms with van der Waals surface area (Å²) in [6.07, 6.45) is 5.26. The van der Waals surface area contributed by atoms with Crippen molar-refractivity contribution in [3.05, 3.63) is 59.7 Å². The number of benzene rings is 2. The SMILES string of the molecule is C[C@@H]1CCCC[C@H]1NC(=O)[C@@H](Cc1ccccc1)NS(=O)(=O)c1ccc2c(c1)CCC(=O)N2. The maximum Gasteiger partial charge on any atom is 0.241 e. The fourth-order valence-corrected chi connectivity index (χ4v) is 5.88. The Morgan fingerprint density at radius 2 is 1.85 bits per heavy atom. The zero-order valence-corrected chi connectivity index (χ0v) is 19.7. The molecule has 8 heteroatoms. The molecule has 176 valence electrons. The van der Waals surface area contributed by atoms with Gasteiger partial charge < -0.3 is 10.6 Å². The van der Waals surface area contributed by atoms with Crippen LogP contribution in [0.3, 0.4) is 0 Å². The van der Waals surface area contributed by atoms with Gasteiger partial charge in [-0.25, -0.2) is 8.42 Å². The van der Waals surface area contributed by atoms with Crippen molar-refractivity contribution in [2.45, 2.75) is 68.8 Å². The van der Waals surface area contributed by atoms with Crippen LogP contribution in [-0.2, 0) is 32.5 Å². The molecule has 2 aliphatic rings. The quantitative estimate of drug-likeness (QED) is 0.579. The van der Waals surface area contributed by atoms with E-state index < -0.39 is 16.1 Å². The number of amides is 2. The highest BCUT2D eigenvalue weighted by atomic mass is 32.2. The molecule has 1 aliphatic carbocycles. The molecule has 1 saturated carbocycles. The monoisotopic (exact) mass is 469 g/mol. The highest BCUT2D eigenvalue weighted by Gasteiger charge is 2.30. The van der Waals surface area contributed by atoms with Crippen LogP contribution in [0, 0.1) is 5.92 Å². The molecule has 3 N–H and O–H groups in total. The minimum atomic E-state index is -3.95. The third-order valence-electron chi connectivity index (χ3n) is 6.62. The number of hydrogen-bond acceptors (Lipinski definition) is 4. The second kappa shape index (κ2) is 10.1. The normalized spacial score (nSPS) is 21.5. The van der Waals surface area contributed by atoms with Crippen molar-refractivity contribution in [3.63, 3.8) is 0 Å². The number of aryl methyl sites for hydroxylation is 1. The van der Waals surface area contributed by atoms with E-state index in [9.17, 15) is 18.0 Å². The molecule has 0 aromatic heterocycles. The number of sulfonamides is 1. The molecule has 2 amide bonds. The molecular weight excluding hydrogens is 438 g/mol. The Morgan fingerprint density at radius 3 is 2.61 bits per heavy atom. The van der Waals surface area contributed by atoms with E-state index in [2.05, 4.69) is 22.3 Å². The Kier molecular flexibility index (Phi) is 7.14. The van der Waals surface area contributed by atoms with Crippen LogP contribution < -0.4 is 15.4 Å². The summed E-state index contributed by atoms with van der Waals surface area (Å²) in [5.74, 6) is -0.00768. The molecule has 1 aliphatic heterocycles. The molecule has 0 spiro atoms. The lowest BCUT2D eigenvalue weighted by Gasteiger charge is -2.31. The van der Waals surface area contributed by atoms with Gasteiger partial charge in [0.15, 0.2) is 0 Å².